The van der Waals surface area contributed by atoms with Crippen LogP contribution in [0.1, 0.15) is 0 Å². The standard InChI is InChI=1S/C3H9Ge.Ge/c1-4(2)3;/h1-3H3;. The minimum Gasteiger partial charge on any atom is 0 e. The Hall–Kier alpha value is 1.09. The SMILES string of the molecule is [CH3][Ge]([CH3])[CH3].[Ge]. The zero-order chi connectivity index (χ0) is 3.58. The quantitative estimate of drug-likeness (QED) is 0.500. The molecule has 0 aliphatic rings. The predicted molar refractivity (Wildman–Crippen MR) is 29.1 cm³/mol. The maximum absolute atomic E-state index is 2.33. The van der Waals surface area contributed by atoms with Crippen molar-refractivity contribution in [2.75, 3.05) is 0 Å². The van der Waals surface area contributed by atoms with Crippen molar-refractivity contribution in [2.45, 2.75) is 17.3 Å². The van der Waals surface area contributed by atoms with Crippen molar-refractivity contribution in [3.8, 4) is 0 Å². The first-order valence-corrected chi connectivity index (χ1v) is 7.79. The van der Waals surface area contributed by atoms with Crippen molar-refractivity contribution in [3.05, 3.63) is 0 Å². The van der Waals surface area contributed by atoms with E-state index in [0.29, 0.717) is 0 Å². The van der Waals surface area contributed by atoms with E-state index in [0.717, 1.165) is 0 Å². The van der Waals surface area contributed by atoms with Crippen molar-refractivity contribution in [2.24, 2.45) is 0 Å². The molecular weight excluding hydrogens is 181 g/mol. The Balaban J connectivity index is 0. The second-order valence-electron chi connectivity index (χ2n) is 1.50. The molecule has 2 heteroatoms. The first-order valence-electron chi connectivity index (χ1n) is 1.50. The van der Waals surface area contributed by atoms with E-state index in [9.17, 15) is 0 Å². The van der Waals surface area contributed by atoms with Gasteiger partial charge in [0.05, 0.1) is 0 Å². The van der Waals surface area contributed by atoms with Crippen LogP contribution in [0, 0.1) is 0 Å². The molecular formula is C3H9Ge2. The topological polar surface area (TPSA) is 0 Å². The van der Waals surface area contributed by atoms with Crippen LogP contribution in [0.3, 0.4) is 0 Å². The fourth-order valence-corrected chi connectivity index (χ4v) is 0. The van der Waals surface area contributed by atoms with Gasteiger partial charge in [0.15, 0.2) is 0 Å². The van der Waals surface area contributed by atoms with Gasteiger partial charge in [-0.05, 0) is 0 Å². The Morgan fingerprint density at radius 3 is 1.00 bits per heavy atom. The van der Waals surface area contributed by atoms with E-state index in [2.05, 4.69) is 17.3 Å². The zero-order valence-corrected chi connectivity index (χ0v) is 8.20. The van der Waals surface area contributed by atoms with Gasteiger partial charge in [-0.1, -0.05) is 0 Å². The van der Waals surface area contributed by atoms with Crippen molar-refractivity contribution >= 4 is 31.9 Å². The van der Waals surface area contributed by atoms with Gasteiger partial charge in [0.2, 0.25) is 0 Å². The van der Waals surface area contributed by atoms with Crippen molar-refractivity contribution in [3.63, 3.8) is 0 Å². The van der Waals surface area contributed by atoms with Gasteiger partial charge in [0, 0.05) is 17.6 Å². The molecule has 0 aromatic heterocycles. The second-order valence-corrected chi connectivity index (χ2v) is 7.79. The molecule has 0 bridgehead atoms. The Labute approximate surface area is 49.4 Å². The largest absolute Gasteiger partial charge is 0 e. The minimum absolute atomic E-state index is 0. The number of rotatable bonds is 0. The molecule has 0 aromatic carbocycles. The molecule has 0 unspecified atom stereocenters. The molecule has 5 radical (unpaired) electrons. The third-order valence-corrected chi connectivity index (χ3v) is 0. The average molecular weight is 190 g/mol. The maximum Gasteiger partial charge on any atom is 0 e. The molecule has 0 spiro atoms. The van der Waals surface area contributed by atoms with Crippen molar-refractivity contribution in [1.29, 1.82) is 0 Å². The molecule has 0 saturated heterocycles. The fraction of sp³-hybridized carbons (Fsp3) is 1.00. The Bertz CT molecular complexity index is 9.61. The van der Waals surface area contributed by atoms with Crippen LogP contribution in [0.25, 0.3) is 0 Å². The Morgan fingerprint density at radius 1 is 1.00 bits per heavy atom. The molecule has 29 valence electrons. The summed E-state index contributed by atoms with van der Waals surface area (Å²) >= 11 is -0.333. The summed E-state index contributed by atoms with van der Waals surface area (Å²) in [5, 5.41) is 0. The fourth-order valence-electron chi connectivity index (χ4n) is 0. The summed E-state index contributed by atoms with van der Waals surface area (Å²) in [5.74, 6) is 7.00. The van der Waals surface area contributed by atoms with Gasteiger partial charge in [-0.15, -0.1) is 0 Å². The molecule has 5 heavy (non-hydrogen) atoms. The molecule has 0 nitrogen and oxygen atoms in total. The van der Waals surface area contributed by atoms with E-state index in [1.54, 1.807) is 0 Å². The van der Waals surface area contributed by atoms with Crippen LogP contribution in [0.2, 0.25) is 17.3 Å². The maximum atomic E-state index is 2.33. The summed E-state index contributed by atoms with van der Waals surface area (Å²) in [6, 6.07) is 0. The Kier molecular flexibility index (Phi) is 9.59. The molecule has 0 aromatic rings. The van der Waals surface area contributed by atoms with Crippen LogP contribution in [-0.4, -0.2) is 31.9 Å². The first kappa shape index (κ1) is 9.43. The monoisotopic (exact) mass is 193 g/mol. The molecule has 0 saturated carbocycles. The van der Waals surface area contributed by atoms with Gasteiger partial charge in [-0.25, -0.2) is 0 Å². The molecule has 0 atom stereocenters. The molecule has 0 aliphatic carbocycles. The van der Waals surface area contributed by atoms with E-state index in [1.165, 1.54) is 0 Å². The summed E-state index contributed by atoms with van der Waals surface area (Å²) in [6.07, 6.45) is 0. The summed E-state index contributed by atoms with van der Waals surface area (Å²) in [5.41, 5.74) is 0. The van der Waals surface area contributed by atoms with Crippen LogP contribution in [-0.2, 0) is 0 Å². The molecule has 0 amide bonds. The zero-order valence-electron chi connectivity index (χ0n) is 4.00. The molecule has 0 fully saturated rings. The van der Waals surface area contributed by atoms with Crippen LogP contribution in [0.5, 0.6) is 0 Å². The Morgan fingerprint density at radius 2 is 1.00 bits per heavy atom. The smallest absolute Gasteiger partial charge is 0 e. The van der Waals surface area contributed by atoms with E-state index in [1.807, 2.05) is 0 Å². The average Bonchev–Trinajstić information content (AvgIpc) is 0.811. The van der Waals surface area contributed by atoms with Crippen LogP contribution in [0.15, 0.2) is 0 Å². The van der Waals surface area contributed by atoms with Crippen molar-refractivity contribution < 1.29 is 0 Å². The molecule has 0 rings (SSSR count). The van der Waals surface area contributed by atoms with Crippen LogP contribution >= 0.6 is 0 Å². The predicted octanol–water partition coefficient (Wildman–Crippen LogP) is 0.990. The van der Waals surface area contributed by atoms with E-state index in [-0.39, 0.29) is 31.9 Å². The summed E-state index contributed by atoms with van der Waals surface area (Å²) in [6.45, 7) is 0. The number of hydrogen-bond acceptors (Lipinski definition) is 0. The number of hydrogen-bond donors (Lipinski definition) is 0. The summed E-state index contributed by atoms with van der Waals surface area (Å²) in [4.78, 5) is 0. The first-order chi connectivity index (χ1) is 1.73. The van der Waals surface area contributed by atoms with Gasteiger partial charge < -0.3 is 0 Å². The van der Waals surface area contributed by atoms with Crippen LogP contribution < -0.4 is 0 Å². The molecule has 0 heterocycles. The summed E-state index contributed by atoms with van der Waals surface area (Å²) in [7, 11) is 0. The van der Waals surface area contributed by atoms with Gasteiger partial charge in [-0.2, -0.15) is 0 Å². The van der Waals surface area contributed by atoms with Gasteiger partial charge >= 0.3 is 31.6 Å². The van der Waals surface area contributed by atoms with Crippen LogP contribution in [0.4, 0.5) is 0 Å². The molecule has 0 N–H and O–H groups in total. The van der Waals surface area contributed by atoms with Gasteiger partial charge in [-0.3, -0.25) is 0 Å². The molecule has 0 aliphatic heterocycles. The van der Waals surface area contributed by atoms with Gasteiger partial charge in [0.1, 0.15) is 0 Å². The normalized spacial score (nSPS) is 7.20. The van der Waals surface area contributed by atoms with E-state index in [4.69, 9.17) is 0 Å². The third kappa shape index (κ3) is 41.1. The van der Waals surface area contributed by atoms with E-state index >= 15 is 0 Å². The summed E-state index contributed by atoms with van der Waals surface area (Å²) < 4.78 is 0. The minimum atomic E-state index is -0.333. The second kappa shape index (κ2) is 5.09. The van der Waals surface area contributed by atoms with E-state index < -0.39 is 0 Å². The van der Waals surface area contributed by atoms with Gasteiger partial charge in [0.25, 0.3) is 0 Å². The third-order valence-electron chi connectivity index (χ3n) is 0. The van der Waals surface area contributed by atoms with Crippen molar-refractivity contribution in [1.82, 2.24) is 0 Å².